The first-order valence-electron chi connectivity index (χ1n) is 9.15. The third kappa shape index (κ3) is 9.03. The Balaban J connectivity index is 0.00000420. The third-order valence-corrected chi connectivity index (χ3v) is 4.70. The van der Waals surface area contributed by atoms with Crippen molar-refractivity contribution < 1.29 is 9.53 Å². The van der Waals surface area contributed by atoms with E-state index in [1.165, 1.54) is 5.56 Å². The molecule has 0 aliphatic rings. The summed E-state index contributed by atoms with van der Waals surface area (Å²) < 4.78 is 6.10. The molecular formula is C21H28BrIN4O2. The maximum absolute atomic E-state index is 12.2. The summed E-state index contributed by atoms with van der Waals surface area (Å²) in [5.74, 6) is 1.49. The van der Waals surface area contributed by atoms with Gasteiger partial charge in [0, 0.05) is 36.7 Å². The van der Waals surface area contributed by atoms with Gasteiger partial charge in [0.15, 0.2) is 5.96 Å². The van der Waals surface area contributed by atoms with Crippen LogP contribution in [0, 0.1) is 6.92 Å². The van der Waals surface area contributed by atoms with Crippen molar-refractivity contribution in [2.24, 2.45) is 4.99 Å². The third-order valence-electron chi connectivity index (χ3n) is 4.21. The fourth-order valence-electron chi connectivity index (χ4n) is 2.57. The molecule has 6 nitrogen and oxygen atoms in total. The largest absolute Gasteiger partial charge is 0.497 e. The Morgan fingerprint density at radius 2 is 1.79 bits per heavy atom. The number of anilines is 1. The SMILES string of the molecule is CN=C(NCCC(=O)Nc1cc(Br)ccc1C)NCCc1ccc(OC)cc1.I. The summed E-state index contributed by atoms with van der Waals surface area (Å²) in [5.41, 5.74) is 3.06. The summed E-state index contributed by atoms with van der Waals surface area (Å²) >= 11 is 3.42. The van der Waals surface area contributed by atoms with Gasteiger partial charge in [-0.05, 0) is 48.7 Å². The lowest BCUT2D eigenvalue weighted by Crippen LogP contribution is -2.39. The highest BCUT2D eigenvalue weighted by molar-refractivity contribution is 14.0. The van der Waals surface area contributed by atoms with Crippen LogP contribution in [0.5, 0.6) is 5.75 Å². The van der Waals surface area contributed by atoms with Crippen LogP contribution in [-0.4, -0.2) is 39.1 Å². The van der Waals surface area contributed by atoms with Crippen molar-refractivity contribution in [2.75, 3.05) is 32.6 Å². The minimum absolute atomic E-state index is 0. The standard InChI is InChI=1S/C21H27BrN4O2.HI/c1-15-4-7-17(22)14-19(15)26-20(27)11-13-25-21(23-2)24-12-10-16-5-8-18(28-3)9-6-16;/h4-9,14H,10-13H2,1-3H3,(H,26,27)(H2,23,24,25);1H. The number of aryl methyl sites for hydroxylation is 1. The van der Waals surface area contributed by atoms with Crippen LogP contribution in [0.15, 0.2) is 51.9 Å². The number of amides is 1. The van der Waals surface area contributed by atoms with Crippen molar-refractivity contribution in [1.29, 1.82) is 0 Å². The number of halogens is 2. The highest BCUT2D eigenvalue weighted by Crippen LogP contribution is 2.20. The van der Waals surface area contributed by atoms with Crippen LogP contribution in [0.25, 0.3) is 0 Å². The number of aliphatic imine (C=N–C) groups is 1. The molecule has 0 spiro atoms. The molecule has 0 unspecified atom stereocenters. The monoisotopic (exact) mass is 574 g/mol. The van der Waals surface area contributed by atoms with Gasteiger partial charge in [0.1, 0.15) is 5.75 Å². The quantitative estimate of drug-likeness (QED) is 0.252. The summed E-state index contributed by atoms with van der Waals surface area (Å²) in [5, 5.41) is 9.36. The summed E-state index contributed by atoms with van der Waals surface area (Å²) in [7, 11) is 3.38. The Bertz CT molecular complexity index is 813. The number of nitrogens with zero attached hydrogens (tertiary/aromatic N) is 1. The molecular weight excluding hydrogens is 547 g/mol. The number of rotatable bonds is 8. The number of methoxy groups -OCH3 is 1. The Labute approximate surface area is 198 Å². The zero-order chi connectivity index (χ0) is 20.4. The molecule has 0 saturated heterocycles. The molecule has 1 amide bonds. The average Bonchev–Trinajstić information content (AvgIpc) is 2.70. The van der Waals surface area contributed by atoms with E-state index < -0.39 is 0 Å². The lowest BCUT2D eigenvalue weighted by atomic mass is 10.1. The number of guanidine groups is 1. The lowest BCUT2D eigenvalue weighted by Gasteiger charge is -2.13. The lowest BCUT2D eigenvalue weighted by molar-refractivity contribution is -0.116. The molecule has 8 heteroatoms. The average molecular weight is 575 g/mol. The van der Waals surface area contributed by atoms with E-state index in [1.54, 1.807) is 14.2 Å². The van der Waals surface area contributed by atoms with Gasteiger partial charge in [-0.3, -0.25) is 9.79 Å². The molecule has 158 valence electrons. The second-order valence-electron chi connectivity index (χ2n) is 6.28. The predicted octanol–water partition coefficient (Wildman–Crippen LogP) is 4.12. The summed E-state index contributed by atoms with van der Waals surface area (Å²) in [4.78, 5) is 16.3. The molecule has 2 aromatic carbocycles. The van der Waals surface area contributed by atoms with E-state index in [9.17, 15) is 4.79 Å². The number of ether oxygens (including phenoxy) is 1. The van der Waals surface area contributed by atoms with Gasteiger partial charge in [-0.15, -0.1) is 24.0 Å². The molecule has 0 atom stereocenters. The van der Waals surface area contributed by atoms with Crippen molar-refractivity contribution in [3.63, 3.8) is 0 Å². The van der Waals surface area contributed by atoms with Gasteiger partial charge in [0.25, 0.3) is 0 Å². The first-order valence-corrected chi connectivity index (χ1v) is 9.94. The second-order valence-corrected chi connectivity index (χ2v) is 7.20. The summed E-state index contributed by atoms with van der Waals surface area (Å²) in [6.07, 6.45) is 1.22. The van der Waals surface area contributed by atoms with E-state index in [4.69, 9.17) is 4.74 Å². The van der Waals surface area contributed by atoms with Gasteiger partial charge in [-0.2, -0.15) is 0 Å². The first kappa shape index (κ1) is 25.2. The molecule has 3 N–H and O–H groups in total. The molecule has 0 saturated carbocycles. The number of carbonyl (C=O) groups is 1. The maximum atomic E-state index is 12.2. The van der Waals surface area contributed by atoms with Crippen molar-refractivity contribution >= 4 is 57.5 Å². The first-order chi connectivity index (χ1) is 13.5. The molecule has 29 heavy (non-hydrogen) atoms. The number of hydrogen-bond acceptors (Lipinski definition) is 3. The zero-order valence-corrected chi connectivity index (χ0v) is 20.8. The van der Waals surface area contributed by atoms with Gasteiger partial charge in [0.05, 0.1) is 7.11 Å². The molecule has 0 aromatic heterocycles. The molecule has 0 fully saturated rings. The number of benzene rings is 2. The van der Waals surface area contributed by atoms with Crippen LogP contribution < -0.4 is 20.7 Å². The van der Waals surface area contributed by atoms with E-state index >= 15 is 0 Å². The zero-order valence-electron chi connectivity index (χ0n) is 16.9. The van der Waals surface area contributed by atoms with Gasteiger partial charge >= 0.3 is 0 Å². The minimum atomic E-state index is -0.0395. The minimum Gasteiger partial charge on any atom is -0.497 e. The van der Waals surface area contributed by atoms with E-state index in [0.29, 0.717) is 18.9 Å². The molecule has 2 aromatic rings. The summed E-state index contributed by atoms with van der Waals surface area (Å²) in [6.45, 7) is 3.21. The number of carbonyl (C=O) groups excluding carboxylic acids is 1. The van der Waals surface area contributed by atoms with Crippen LogP contribution in [-0.2, 0) is 11.2 Å². The van der Waals surface area contributed by atoms with Crippen LogP contribution in [0.1, 0.15) is 17.5 Å². The molecule has 0 bridgehead atoms. The van der Waals surface area contributed by atoms with E-state index in [-0.39, 0.29) is 29.9 Å². The Hall–Kier alpha value is -1.81. The number of nitrogens with one attached hydrogen (secondary N) is 3. The van der Waals surface area contributed by atoms with E-state index in [2.05, 4.69) is 36.9 Å². The normalized spacial score (nSPS) is 10.7. The van der Waals surface area contributed by atoms with E-state index in [0.717, 1.165) is 34.4 Å². The maximum Gasteiger partial charge on any atom is 0.226 e. The molecule has 0 aliphatic carbocycles. The molecule has 2 rings (SSSR count). The Morgan fingerprint density at radius 3 is 2.45 bits per heavy atom. The van der Waals surface area contributed by atoms with Gasteiger partial charge in [-0.1, -0.05) is 34.1 Å². The highest BCUT2D eigenvalue weighted by Gasteiger charge is 2.06. The van der Waals surface area contributed by atoms with Gasteiger partial charge in [-0.25, -0.2) is 0 Å². The van der Waals surface area contributed by atoms with Gasteiger partial charge in [0.2, 0.25) is 5.91 Å². The number of hydrogen-bond donors (Lipinski definition) is 3. The van der Waals surface area contributed by atoms with Crippen LogP contribution in [0.4, 0.5) is 5.69 Å². The van der Waals surface area contributed by atoms with Gasteiger partial charge < -0.3 is 20.7 Å². The fraction of sp³-hybridized carbons (Fsp3) is 0.333. The van der Waals surface area contributed by atoms with Crippen LogP contribution >= 0.6 is 39.9 Å². The van der Waals surface area contributed by atoms with Crippen molar-refractivity contribution in [2.45, 2.75) is 19.8 Å². The smallest absolute Gasteiger partial charge is 0.226 e. The Morgan fingerprint density at radius 1 is 1.10 bits per heavy atom. The molecule has 0 heterocycles. The summed E-state index contributed by atoms with van der Waals surface area (Å²) in [6, 6.07) is 13.8. The Kier molecular flexibility index (Phi) is 11.7. The molecule has 0 radical (unpaired) electrons. The van der Waals surface area contributed by atoms with E-state index in [1.807, 2.05) is 49.4 Å². The molecule has 0 aliphatic heterocycles. The van der Waals surface area contributed by atoms with Crippen molar-refractivity contribution in [3.05, 3.63) is 58.1 Å². The van der Waals surface area contributed by atoms with Crippen molar-refractivity contribution in [3.8, 4) is 5.75 Å². The predicted molar refractivity (Wildman–Crippen MR) is 134 cm³/mol. The van der Waals surface area contributed by atoms with Crippen LogP contribution in [0.2, 0.25) is 0 Å². The van der Waals surface area contributed by atoms with Crippen LogP contribution in [0.3, 0.4) is 0 Å². The highest BCUT2D eigenvalue weighted by atomic mass is 127. The fourth-order valence-corrected chi connectivity index (χ4v) is 2.94. The topological polar surface area (TPSA) is 74.8 Å². The second kappa shape index (κ2) is 13.4. The van der Waals surface area contributed by atoms with Crippen molar-refractivity contribution in [1.82, 2.24) is 10.6 Å².